The maximum Gasteiger partial charge on any atom is 0.220 e. The molecule has 0 aromatic heterocycles. The van der Waals surface area contributed by atoms with Gasteiger partial charge >= 0.3 is 0 Å². The zero-order chi connectivity index (χ0) is 37.8. The molecule has 3 N–H and O–H groups in total. The molecule has 0 aliphatic carbocycles. The molecule has 0 aromatic carbocycles. The van der Waals surface area contributed by atoms with Crippen LogP contribution in [0.25, 0.3) is 0 Å². The van der Waals surface area contributed by atoms with Crippen molar-refractivity contribution in [1.82, 2.24) is 5.32 Å². The third kappa shape index (κ3) is 38.3. The molecule has 0 fully saturated rings. The Labute approximate surface area is 321 Å². The topological polar surface area (TPSA) is 69.6 Å². The first-order chi connectivity index (χ1) is 25.7. The van der Waals surface area contributed by atoms with Crippen LogP contribution in [0.15, 0.2) is 109 Å². The van der Waals surface area contributed by atoms with Crippen LogP contribution in [-0.4, -0.2) is 34.9 Å². The zero-order valence-electron chi connectivity index (χ0n) is 33.5. The molecule has 2 unspecified atom stereocenters. The van der Waals surface area contributed by atoms with Crippen molar-refractivity contribution in [2.75, 3.05) is 6.61 Å². The molecule has 0 aliphatic rings. The van der Waals surface area contributed by atoms with Crippen LogP contribution in [0.3, 0.4) is 0 Å². The number of aliphatic hydroxyl groups excluding tert-OH is 2. The van der Waals surface area contributed by atoms with Gasteiger partial charge in [0.05, 0.1) is 18.8 Å². The zero-order valence-corrected chi connectivity index (χ0v) is 33.5. The van der Waals surface area contributed by atoms with Crippen molar-refractivity contribution in [3.63, 3.8) is 0 Å². The first-order valence-electron chi connectivity index (χ1n) is 21.1. The Morgan fingerprint density at radius 2 is 0.846 bits per heavy atom. The molecular formula is C48H79NO3. The number of hydrogen-bond donors (Lipinski definition) is 3. The van der Waals surface area contributed by atoms with Gasteiger partial charge in [-0.05, 0) is 83.5 Å². The summed E-state index contributed by atoms with van der Waals surface area (Å²) in [6.45, 7) is 4.14. The van der Waals surface area contributed by atoms with Crippen LogP contribution < -0.4 is 5.32 Å². The number of allylic oxidation sites excluding steroid dienone is 18. The predicted octanol–water partition coefficient (Wildman–Crippen LogP) is 13.2. The van der Waals surface area contributed by atoms with Crippen LogP contribution in [0.5, 0.6) is 0 Å². The van der Waals surface area contributed by atoms with Crippen LogP contribution in [0.4, 0.5) is 0 Å². The van der Waals surface area contributed by atoms with Crippen LogP contribution in [0, 0.1) is 0 Å². The number of carbonyl (C=O) groups excluding carboxylic acids is 1. The lowest BCUT2D eigenvalue weighted by atomic mass is 10.0. The van der Waals surface area contributed by atoms with Crippen LogP contribution in [-0.2, 0) is 4.79 Å². The summed E-state index contributed by atoms with van der Waals surface area (Å²) in [4.78, 5) is 12.3. The van der Waals surface area contributed by atoms with Crippen molar-refractivity contribution >= 4 is 5.91 Å². The highest BCUT2D eigenvalue weighted by molar-refractivity contribution is 5.76. The lowest BCUT2D eigenvalue weighted by molar-refractivity contribution is -0.123. The van der Waals surface area contributed by atoms with Gasteiger partial charge in [0.25, 0.3) is 0 Å². The number of amides is 1. The maximum atomic E-state index is 12.3. The van der Waals surface area contributed by atoms with Gasteiger partial charge in [-0.15, -0.1) is 0 Å². The summed E-state index contributed by atoms with van der Waals surface area (Å²) in [7, 11) is 0. The van der Waals surface area contributed by atoms with Gasteiger partial charge in [-0.1, -0.05) is 187 Å². The van der Waals surface area contributed by atoms with E-state index in [0.29, 0.717) is 12.8 Å². The summed E-state index contributed by atoms with van der Waals surface area (Å²) < 4.78 is 0. The van der Waals surface area contributed by atoms with Crippen molar-refractivity contribution in [3.05, 3.63) is 109 Å². The summed E-state index contributed by atoms with van der Waals surface area (Å²) in [5, 5.41) is 22.8. The average molecular weight is 718 g/mol. The molecule has 0 aliphatic heterocycles. The van der Waals surface area contributed by atoms with Gasteiger partial charge in [0.15, 0.2) is 0 Å². The second kappa shape index (κ2) is 42.5. The van der Waals surface area contributed by atoms with E-state index >= 15 is 0 Å². The SMILES string of the molecule is CC/C=C\C/C=C\C/C=C\C/C=C\C/C=C\C/C=C\C/C=C\C/C=C\C/C=C\CCCCCCCCCC(=O)NC(CO)C(O)CCCCCCC. The van der Waals surface area contributed by atoms with E-state index in [9.17, 15) is 15.0 Å². The molecule has 0 rings (SSSR count). The monoisotopic (exact) mass is 718 g/mol. The highest BCUT2D eigenvalue weighted by Crippen LogP contribution is 2.12. The fourth-order valence-corrected chi connectivity index (χ4v) is 5.58. The molecule has 0 radical (unpaired) electrons. The number of unbranched alkanes of at least 4 members (excludes halogenated alkanes) is 11. The van der Waals surface area contributed by atoms with E-state index in [0.717, 1.165) is 96.3 Å². The van der Waals surface area contributed by atoms with Gasteiger partial charge in [-0.25, -0.2) is 0 Å². The van der Waals surface area contributed by atoms with E-state index in [1.165, 1.54) is 44.9 Å². The molecule has 4 nitrogen and oxygen atoms in total. The first kappa shape index (κ1) is 49.0. The molecule has 0 aromatic rings. The van der Waals surface area contributed by atoms with Crippen LogP contribution in [0.1, 0.15) is 168 Å². The van der Waals surface area contributed by atoms with E-state index in [1.54, 1.807) is 0 Å². The van der Waals surface area contributed by atoms with Gasteiger partial charge in [-0.3, -0.25) is 4.79 Å². The molecular weight excluding hydrogens is 639 g/mol. The van der Waals surface area contributed by atoms with Gasteiger partial charge < -0.3 is 15.5 Å². The normalized spacial score (nSPS) is 14.2. The van der Waals surface area contributed by atoms with Crippen molar-refractivity contribution in [2.45, 2.75) is 180 Å². The Morgan fingerprint density at radius 1 is 0.481 bits per heavy atom. The van der Waals surface area contributed by atoms with E-state index in [1.807, 2.05) is 0 Å². The Kier molecular flexibility index (Phi) is 40.1. The number of aliphatic hydroxyl groups is 2. The van der Waals surface area contributed by atoms with Crippen molar-refractivity contribution < 1.29 is 15.0 Å². The second-order valence-corrected chi connectivity index (χ2v) is 13.7. The molecule has 0 bridgehead atoms. The minimum Gasteiger partial charge on any atom is -0.394 e. The molecule has 0 saturated heterocycles. The van der Waals surface area contributed by atoms with E-state index in [4.69, 9.17) is 0 Å². The minimum atomic E-state index is -0.667. The third-order valence-electron chi connectivity index (χ3n) is 8.80. The summed E-state index contributed by atoms with van der Waals surface area (Å²) >= 11 is 0. The minimum absolute atomic E-state index is 0.0565. The van der Waals surface area contributed by atoms with Crippen LogP contribution >= 0.6 is 0 Å². The predicted molar refractivity (Wildman–Crippen MR) is 229 cm³/mol. The number of rotatable bonds is 36. The summed E-state index contributed by atoms with van der Waals surface area (Å²) in [6, 6.07) is -0.545. The van der Waals surface area contributed by atoms with Crippen molar-refractivity contribution in [3.8, 4) is 0 Å². The summed E-state index contributed by atoms with van der Waals surface area (Å²) in [5.74, 6) is -0.0565. The molecule has 2 atom stereocenters. The third-order valence-corrected chi connectivity index (χ3v) is 8.80. The fourth-order valence-electron chi connectivity index (χ4n) is 5.58. The maximum absolute atomic E-state index is 12.3. The van der Waals surface area contributed by atoms with Gasteiger partial charge in [0, 0.05) is 6.42 Å². The van der Waals surface area contributed by atoms with E-state index < -0.39 is 12.1 Å². The van der Waals surface area contributed by atoms with Crippen LogP contribution in [0.2, 0.25) is 0 Å². The molecule has 4 heteroatoms. The number of nitrogens with one attached hydrogen (secondary N) is 1. The Morgan fingerprint density at radius 3 is 1.27 bits per heavy atom. The second-order valence-electron chi connectivity index (χ2n) is 13.7. The smallest absolute Gasteiger partial charge is 0.220 e. The quantitative estimate of drug-likeness (QED) is 0.0446. The largest absolute Gasteiger partial charge is 0.394 e. The van der Waals surface area contributed by atoms with Gasteiger partial charge in [0.2, 0.25) is 5.91 Å². The highest BCUT2D eigenvalue weighted by atomic mass is 16.3. The Balaban J connectivity index is 3.62. The number of carbonyl (C=O) groups is 1. The van der Waals surface area contributed by atoms with E-state index in [-0.39, 0.29) is 12.5 Å². The standard InChI is InChI=1S/C48H79NO3/c1-3-5-7-9-10-11-12-13-14-15-16-17-18-19-20-21-22-23-24-25-26-27-28-29-30-31-32-33-34-35-36-37-38-40-42-44-48(52)49-46(45-50)47(51)43-41-39-8-6-4-2/h5,7,10-11,13-14,16-17,19-20,22-23,25-26,28-29,31-32,46-47,50-51H,3-4,6,8-9,12,15,18,21,24,27,30,33-45H2,1-2H3,(H,49,52)/b7-5-,11-10-,14-13-,17-16-,20-19-,23-22-,26-25-,29-28-,32-31-. The van der Waals surface area contributed by atoms with Gasteiger partial charge in [-0.2, -0.15) is 0 Å². The molecule has 0 saturated carbocycles. The average Bonchev–Trinajstić information content (AvgIpc) is 3.15. The van der Waals surface area contributed by atoms with Crippen molar-refractivity contribution in [2.24, 2.45) is 0 Å². The van der Waals surface area contributed by atoms with Crippen molar-refractivity contribution in [1.29, 1.82) is 0 Å². The molecule has 0 spiro atoms. The molecule has 0 heterocycles. The van der Waals surface area contributed by atoms with Gasteiger partial charge in [0.1, 0.15) is 0 Å². The fraction of sp³-hybridized carbons (Fsp3) is 0.604. The highest BCUT2D eigenvalue weighted by Gasteiger charge is 2.19. The molecule has 1 amide bonds. The number of hydrogen-bond acceptors (Lipinski definition) is 3. The molecule has 294 valence electrons. The Bertz CT molecular complexity index is 1040. The lowest BCUT2D eigenvalue weighted by Crippen LogP contribution is -2.45. The summed E-state index contributed by atoms with van der Waals surface area (Å²) in [6.07, 6.45) is 64.8. The summed E-state index contributed by atoms with van der Waals surface area (Å²) in [5.41, 5.74) is 0. The molecule has 52 heavy (non-hydrogen) atoms. The lowest BCUT2D eigenvalue weighted by Gasteiger charge is -2.22. The van der Waals surface area contributed by atoms with E-state index in [2.05, 4.69) is 129 Å². The first-order valence-corrected chi connectivity index (χ1v) is 21.1. The Hall–Kier alpha value is -2.95.